The third-order valence-electron chi connectivity index (χ3n) is 8.78. The Bertz CT molecular complexity index is 1840. The van der Waals surface area contributed by atoms with Crippen LogP contribution in [-0.4, -0.2) is 0 Å². The van der Waals surface area contributed by atoms with Crippen molar-refractivity contribution in [3.8, 4) is 0 Å². The lowest BCUT2D eigenvalue weighted by molar-refractivity contribution is 0.795. The van der Waals surface area contributed by atoms with Gasteiger partial charge in [-0.05, 0) is 116 Å². The largest absolute Gasteiger partial charge is 0.0654 e. The fourth-order valence-electron chi connectivity index (χ4n) is 5.91. The topological polar surface area (TPSA) is 0 Å². The minimum atomic E-state index is 1.17. The maximum atomic E-state index is 2.27. The molecule has 0 aliphatic heterocycles. The summed E-state index contributed by atoms with van der Waals surface area (Å²) in [5.41, 5.74) is 10.2. The van der Waals surface area contributed by atoms with E-state index in [0.29, 0.717) is 0 Å². The maximum absolute atomic E-state index is 2.27. The van der Waals surface area contributed by atoms with Crippen LogP contribution in [0, 0.1) is 0 Å². The van der Waals surface area contributed by atoms with Crippen LogP contribution in [0.25, 0.3) is 58.0 Å². The third-order valence-corrected chi connectivity index (χ3v) is 8.78. The smallest absolute Gasteiger partial charge is 0.0178 e. The molecule has 0 heteroatoms. The van der Waals surface area contributed by atoms with Gasteiger partial charge < -0.3 is 0 Å². The number of rotatable bonds is 12. The fourth-order valence-corrected chi connectivity index (χ4v) is 5.91. The molecule has 0 fully saturated rings. The highest BCUT2D eigenvalue weighted by Gasteiger charge is 2.00. The van der Waals surface area contributed by atoms with Gasteiger partial charge in [0.25, 0.3) is 0 Å². The summed E-state index contributed by atoms with van der Waals surface area (Å²) in [5.74, 6) is 0. The molecular weight excluding hydrogens is 553 g/mol. The summed E-state index contributed by atoms with van der Waals surface area (Å²) >= 11 is 0. The van der Waals surface area contributed by atoms with Crippen molar-refractivity contribution in [2.75, 3.05) is 0 Å². The van der Waals surface area contributed by atoms with Crippen LogP contribution in [0.1, 0.15) is 84.0 Å². The SMILES string of the molecule is CCCCc1ccc(C=Cc2ccc3cc(C=Cc4ccc5cc(C=Cc6ccc(CCCC)cc6)ccc5c4)ccc3c2)cc1. The Morgan fingerprint density at radius 2 is 0.587 bits per heavy atom. The van der Waals surface area contributed by atoms with Crippen molar-refractivity contribution in [2.45, 2.75) is 52.4 Å². The molecule has 0 saturated heterocycles. The highest BCUT2D eigenvalue weighted by atomic mass is 14.0. The van der Waals surface area contributed by atoms with Crippen molar-refractivity contribution in [1.29, 1.82) is 0 Å². The molecule has 0 aromatic heterocycles. The summed E-state index contributed by atoms with van der Waals surface area (Å²) in [6.45, 7) is 4.49. The van der Waals surface area contributed by atoms with E-state index in [-0.39, 0.29) is 0 Å². The van der Waals surface area contributed by atoms with Gasteiger partial charge in [0.05, 0.1) is 0 Å². The summed E-state index contributed by atoms with van der Waals surface area (Å²) in [6.07, 6.45) is 20.6. The van der Waals surface area contributed by atoms with Gasteiger partial charge in [0, 0.05) is 0 Å². The summed E-state index contributed by atoms with van der Waals surface area (Å²) in [4.78, 5) is 0. The Hall–Kier alpha value is -4.94. The summed E-state index contributed by atoms with van der Waals surface area (Å²) in [5, 5.41) is 5.03. The van der Waals surface area contributed by atoms with Gasteiger partial charge in [-0.25, -0.2) is 0 Å². The Balaban J connectivity index is 1.09. The van der Waals surface area contributed by atoms with E-state index < -0.39 is 0 Å². The second kappa shape index (κ2) is 15.4. The number of benzene rings is 6. The summed E-state index contributed by atoms with van der Waals surface area (Å²) in [7, 11) is 0. The molecule has 0 unspecified atom stereocenters. The van der Waals surface area contributed by atoms with Crippen molar-refractivity contribution in [3.63, 3.8) is 0 Å². The Kier molecular flexibility index (Phi) is 10.4. The first kappa shape index (κ1) is 31.1. The van der Waals surface area contributed by atoms with Gasteiger partial charge in [0.1, 0.15) is 0 Å². The highest BCUT2D eigenvalue weighted by molar-refractivity contribution is 5.91. The molecule has 0 amide bonds. The van der Waals surface area contributed by atoms with Crippen LogP contribution in [0.5, 0.6) is 0 Å². The van der Waals surface area contributed by atoms with Crippen molar-refractivity contribution < 1.29 is 0 Å². The molecule has 0 spiro atoms. The first-order chi connectivity index (χ1) is 22.6. The van der Waals surface area contributed by atoms with Crippen LogP contribution in [0.3, 0.4) is 0 Å². The molecule has 0 aliphatic rings. The van der Waals surface area contributed by atoms with E-state index in [2.05, 4.69) is 172 Å². The predicted octanol–water partition coefficient (Wildman–Crippen LogP) is 13.2. The molecule has 6 aromatic carbocycles. The number of hydrogen-bond acceptors (Lipinski definition) is 0. The Morgan fingerprint density at radius 1 is 0.326 bits per heavy atom. The molecule has 0 nitrogen and oxygen atoms in total. The van der Waals surface area contributed by atoms with Crippen molar-refractivity contribution >= 4 is 58.0 Å². The Labute approximate surface area is 275 Å². The lowest BCUT2D eigenvalue weighted by Gasteiger charge is -2.04. The van der Waals surface area contributed by atoms with Crippen molar-refractivity contribution in [3.05, 3.63) is 166 Å². The zero-order valence-corrected chi connectivity index (χ0v) is 27.3. The zero-order valence-electron chi connectivity index (χ0n) is 27.3. The van der Waals surface area contributed by atoms with E-state index in [1.807, 2.05) is 0 Å². The second-order valence-electron chi connectivity index (χ2n) is 12.4. The van der Waals surface area contributed by atoms with Gasteiger partial charge >= 0.3 is 0 Å². The molecule has 0 radical (unpaired) electrons. The van der Waals surface area contributed by atoms with Gasteiger partial charge in [-0.1, -0.05) is 160 Å². The third kappa shape index (κ3) is 8.40. The molecule has 0 aliphatic carbocycles. The van der Waals surface area contributed by atoms with E-state index in [9.17, 15) is 0 Å². The van der Waals surface area contributed by atoms with E-state index in [0.717, 1.165) is 0 Å². The average molecular weight is 597 g/mol. The van der Waals surface area contributed by atoms with E-state index in [1.54, 1.807) is 0 Å². The maximum Gasteiger partial charge on any atom is -0.0178 e. The van der Waals surface area contributed by atoms with Crippen LogP contribution in [0.4, 0.5) is 0 Å². The quantitative estimate of drug-likeness (QED) is 0.123. The number of fused-ring (bicyclic) bond motifs is 2. The van der Waals surface area contributed by atoms with Crippen molar-refractivity contribution in [2.24, 2.45) is 0 Å². The molecule has 0 atom stereocenters. The standard InChI is InChI=1S/C46H44/c1-3-5-7-35-9-13-37(14-10-35)17-19-39-23-27-45-33-41(25-29-43(45)31-39)21-22-42-26-30-44-32-40(24-28-46(44)34-42)20-18-38-15-11-36(12-16-38)8-6-4-2/h9-34H,3-8H2,1-2H3. The minimum absolute atomic E-state index is 1.17. The first-order valence-corrected chi connectivity index (χ1v) is 16.9. The van der Waals surface area contributed by atoms with Gasteiger partial charge in [0.15, 0.2) is 0 Å². The molecule has 6 aromatic rings. The van der Waals surface area contributed by atoms with Gasteiger partial charge in [-0.3, -0.25) is 0 Å². The van der Waals surface area contributed by atoms with Gasteiger partial charge in [0.2, 0.25) is 0 Å². The molecule has 0 N–H and O–H groups in total. The molecular formula is C46H44. The average Bonchev–Trinajstić information content (AvgIpc) is 3.11. The number of aryl methyl sites for hydroxylation is 2. The molecule has 0 saturated carbocycles. The molecule has 0 bridgehead atoms. The number of hydrogen-bond donors (Lipinski definition) is 0. The summed E-state index contributed by atoms with van der Waals surface area (Å²) < 4.78 is 0. The predicted molar refractivity (Wildman–Crippen MR) is 205 cm³/mol. The number of unbranched alkanes of at least 4 members (excludes halogenated alkanes) is 2. The van der Waals surface area contributed by atoms with Crippen LogP contribution in [0.15, 0.2) is 121 Å². The van der Waals surface area contributed by atoms with Crippen LogP contribution in [-0.2, 0) is 12.8 Å². The highest BCUT2D eigenvalue weighted by Crippen LogP contribution is 2.23. The molecule has 46 heavy (non-hydrogen) atoms. The summed E-state index contributed by atoms with van der Waals surface area (Å²) in [6, 6.07) is 44.7. The van der Waals surface area contributed by atoms with Gasteiger partial charge in [-0.2, -0.15) is 0 Å². The Morgan fingerprint density at radius 3 is 0.870 bits per heavy atom. The fraction of sp³-hybridized carbons (Fsp3) is 0.174. The van der Waals surface area contributed by atoms with Crippen LogP contribution in [0.2, 0.25) is 0 Å². The van der Waals surface area contributed by atoms with E-state index in [1.165, 1.54) is 105 Å². The zero-order chi connectivity index (χ0) is 31.6. The molecule has 228 valence electrons. The van der Waals surface area contributed by atoms with E-state index >= 15 is 0 Å². The van der Waals surface area contributed by atoms with Crippen LogP contribution < -0.4 is 0 Å². The minimum Gasteiger partial charge on any atom is -0.0654 e. The first-order valence-electron chi connectivity index (χ1n) is 16.9. The monoisotopic (exact) mass is 596 g/mol. The van der Waals surface area contributed by atoms with Crippen molar-refractivity contribution in [1.82, 2.24) is 0 Å². The second-order valence-corrected chi connectivity index (χ2v) is 12.4. The molecule has 0 heterocycles. The lowest BCUT2D eigenvalue weighted by atomic mass is 10.0. The van der Waals surface area contributed by atoms with Gasteiger partial charge in [-0.15, -0.1) is 0 Å². The molecule has 6 rings (SSSR count). The normalized spacial score (nSPS) is 12.0. The van der Waals surface area contributed by atoms with Crippen LogP contribution >= 0.6 is 0 Å². The van der Waals surface area contributed by atoms with E-state index in [4.69, 9.17) is 0 Å². The lowest BCUT2D eigenvalue weighted by Crippen LogP contribution is -1.84.